The van der Waals surface area contributed by atoms with E-state index in [0.29, 0.717) is 37.6 Å². The Balaban J connectivity index is 1.55. The van der Waals surface area contributed by atoms with Crippen LogP contribution in [0.1, 0.15) is 60.9 Å². The topological polar surface area (TPSA) is 65.1 Å². The van der Waals surface area contributed by atoms with Crippen LogP contribution in [0.2, 0.25) is 0 Å². The van der Waals surface area contributed by atoms with E-state index in [-0.39, 0.29) is 17.9 Å². The number of ether oxygens (including phenoxy) is 1. The summed E-state index contributed by atoms with van der Waals surface area (Å²) in [6.07, 6.45) is 8.20. The van der Waals surface area contributed by atoms with Crippen LogP contribution in [0.3, 0.4) is 0 Å². The molecule has 2 aliphatic heterocycles. The van der Waals surface area contributed by atoms with Crippen molar-refractivity contribution in [3.63, 3.8) is 0 Å². The second kappa shape index (κ2) is 12.8. The van der Waals surface area contributed by atoms with Gasteiger partial charge in [-0.05, 0) is 57.2 Å². The van der Waals surface area contributed by atoms with Crippen LogP contribution in [-0.2, 0) is 9.53 Å². The molecule has 3 fully saturated rings. The first kappa shape index (κ1) is 26.1. The van der Waals surface area contributed by atoms with Crippen LogP contribution in [0.4, 0.5) is 0 Å². The molecule has 0 aromatic heterocycles. The van der Waals surface area contributed by atoms with Gasteiger partial charge < -0.3 is 19.9 Å². The molecule has 1 aromatic rings. The minimum absolute atomic E-state index is 0.0249. The predicted octanol–water partition coefficient (Wildman–Crippen LogP) is 2.93. The van der Waals surface area contributed by atoms with E-state index in [1.165, 1.54) is 32.1 Å². The van der Waals surface area contributed by atoms with Gasteiger partial charge in [0.1, 0.15) is 6.04 Å². The average molecular weight is 485 g/mol. The molecule has 194 valence electrons. The molecule has 2 amide bonds. The number of nitrogens with zero attached hydrogens (tertiary/aromatic N) is 3. The van der Waals surface area contributed by atoms with E-state index in [9.17, 15) is 9.59 Å². The third-order valence-electron chi connectivity index (χ3n) is 8.09. The maximum Gasteiger partial charge on any atom is 0.254 e. The zero-order valence-corrected chi connectivity index (χ0v) is 21.7. The molecule has 1 N–H and O–H groups in total. The molecule has 2 atom stereocenters. The number of nitrogens with one attached hydrogen (secondary N) is 1. The van der Waals surface area contributed by atoms with Crippen molar-refractivity contribution < 1.29 is 14.3 Å². The van der Waals surface area contributed by atoms with Crippen molar-refractivity contribution >= 4 is 11.8 Å². The lowest BCUT2D eigenvalue weighted by Crippen LogP contribution is -2.48. The largest absolute Gasteiger partial charge is 0.383 e. The Kier molecular flexibility index (Phi) is 9.58. The Labute approximate surface area is 211 Å². The van der Waals surface area contributed by atoms with Crippen molar-refractivity contribution in [2.75, 3.05) is 59.5 Å². The average Bonchev–Trinajstić information content (AvgIpc) is 3.14. The van der Waals surface area contributed by atoms with Crippen LogP contribution in [0.5, 0.6) is 0 Å². The normalized spacial score (nSPS) is 24.1. The van der Waals surface area contributed by atoms with Crippen LogP contribution in [0.15, 0.2) is 24.3 Å². The van der Waals surface area contributed by atoms with Gasteiger partial charge in [-0.25, -0.2) is 0 Å². The van der Waals surface area contributed by atoms with E-state index >= 15 is 0 Å². The molecule has 1 aliphatic carbocycles. The number of aryl methyl sites for hydroxylation is 1. The molecule has 0 bridgehead atoms. The zero-order valence-electron chi connectivity index (χ0n) is 21.7. The number of benzene rings is 1. The molecule has 2 heterocycles. The first-order valence-electron chi connectivity index (χ1n) is 13.7. The highest BCUT2D eigenvalue weighted by atomic mass is 16.5. The first-order chi connectivity index (χ1) is 17.1. The van der Waals surface area contributed by atoms with Gasteiger partial charge in [-0.2, -0.15) is 0 Å². The van der Waals surface area contributed by atoms with Gasteiger partial charge in [0.05, 0.1) is 6.61 Å². The standard InChI is InChI=1S/C28H44N4O3/c1-22-9-11-24(12-10-22)27(33)32-21-25(19-26(32)28(34)30-15-6-13-29-14-16-30)31(17-18-35-2)20-23-7-4-3-5-8-23/h9-12,23,25-26,29H,3-8,13-21H2,1-2H3. The highest BCUT2D eigenvalue weighted by molar-refractivity contribution is 5.98. The SMILES string of the molecule is COCCN(CC1CCCCC1)C1CC(C(=O)N2CCCNCC2)N(C(=O)c2ccc(C)cc2)C1. The van der Waals surface area contributed by atoms with E-state index < -0.39 is 6.04 Å². The second-order valence-electron chi connectivity index (χ2n) is 10.6. The molecular formula is C28H44N4O3. The summed E-state index contributed by atoms with van der Waals surface area (Å²) in [6, 6.07) is 7.53. The van der Waals surface area contributed by atoms with Gasteiger partial charge in [0.25, 0.3) is 5.91 Å². The number of amides is 2. The Morgan fingerprint density at radius 1 is 1.06 bits per heavy atom. The first-order valence-corrected chi connectivity index (χ1v) is 13.7. The molecule has 1 saturated carbocycles. The zero-order chi connectivity index (χ0) is 24.6. The molecule has 0 spiro atoms. The number of methoxy groups -OCH3 is 1. The summed E-state index contributed by atoms with van der Waals surface area (Å²) in [7, 11) is 1.75. The Morgan fingerprint density at radius 2 is 1.83 bits per heavy atom. The molecule has 7 heteroatoms. The van der Waals surface area contributed by atoms with Gasteiger partial charge in [0.15, 0.2) is 0 Å². The predicted molar refractivity (Wildman–Crippen MR) is 138 cm³/mol. The van der Waals surface area contributed by atoms with Crippen molar-refractivity contribution in [2.45, 2.75) is 64.0 Å². The maximum atomic E-state index is 13.8. The summed E-state index contributed by atoms with van der Waals surface area (Å²) < 4.78 is 5.45. The fraction of sp³-hybridized carbons (Fsp3) is 0.714. The number of hydrogen-bond donors (Lipinski definition) is 1. The monoisotopic (exact) mass is 484 g/mol. The summed E-state index contributed by atoms with van der Waals surface area (Å²) in [4.78, 5) is 33.8. The second-order valence-corrected chi connectivity index (χ2v) is 10.6. The quantitative estimate of drug-likeness (QED) is 0.615. The van der Waals surface area contributed by atoms with Crippen molar-refractivity contribution in [1.29, 1.82) is 0 Å². The van der Waals surface area contributed by atoms with Crippen molar-refractivity contribution in [1.82, 2.24) is 20.0 Å². The molecule has 0 radical (unpaired) electrons. The van der Waals surface area contributed by atoms with E-state index in [4.69, 9.17) is 4.74 Å². The van der Waals surface area contributed by atoms with Crippen molar-refractivity contribution in [3.8, 4) is 0 Å². The molecule has 1 aromatic carbocycles. The third-order valence-corrected chi connectivity index (χ3v) is 8.09. The Bertz CT molecular complexity index is 816. The van der Waals surface area contributed by atoms with Gasteiger partial charge in [0, 0.05) is 58.0 Å². The van der Waals surface area contributed by atoms with E-state index in [1.54, 1.807) is 7.11 Å². The summed E-state index contributed by atoms with van der Waals surface area (Å²) in [5.41, 5.74) is 1.80. The molecular weight excluding hydrogens is 440 g/mol. The van der Waals surface area contributed by atoms with Crippen LogP contribution < -0.4 is 5.32 Å². The van der Waals surface area contributed by atoms with Crippen LogP contribution in [0, 0.1) is 12.8 Å². The van der Waals surface area contributed by atoms with E-state index in [2.05, 4.69) is 10.2 Å². The summed E-state index contributed by atoms with van der Waals surface area (Å²) in [6.45, 7) is 8.41. The van der Waals surface area contributed by atoms with E-state index in [1.807, 2.05) is 41.0 Å². The lowest BCUT2D eigenvalue weighted by molar-refractivity contribution is -0.135. The molecule has 3 aliphatic rings. The number of carbonyl (C=O) groups excluding carboxylic acids is 2. The Morgan fingerprint density at radius 3 is 2.57 bits per heavy atom. The highest BCUT2D eigenvalue weighted by Gasteiger charge is 2.43. The number of rotatable bonds is 8. The van der Waals surface area contributed by atoms with Gasteiger partial charge in [-0.15, -0.1) is 0 Å². The molecule has 4 rings (SSSR count). The lowest BCUT2D eigenvalue weighted by Gasteiger charge is -2.33. The maximum absolute atomic E-state index is 13.8. The third kappa shape index (κ3) is 6.83. The van der Waals surface area contributed by atoms with Gasteiger partial charge in [-0.1, -0.05) is 37.0 Å². The number of carbonyl (C=O) groups is 2. The van der Waals surface area contributed by atoms with Crippen molar-refractivity contribution in [2.24, 2.45) is 5.92 Å². The fourth-order valence-corrected chi connectivity index (χ4v) is 6.01. The summed E-state index contributed by atoms with van der Waals surface area (Å²) >= 11 is 0. The Hall–Kier alpha value is -1.96. The van der Waals surface area contributed by atoms with Gasteiger partial charge in [0.2, 0.25) is 5.91 Å². The number of hydrogen-bond acceptors (Lipinski definition) is 5. The molecule has 2 unspecified atom stereocenters. The van der Waals surface area contributed by atoms with Crippen molar-refractivity contribution in [3.05, 3.63) is 35.4 Å². The minimum atomic E-state index is -0.400. The lowest BCUT2D eigenvalue weighted by atomic mass is 9.88. The van der Waals surface area contributed by atoms with Gasteiger partial charge >= 0.3 is 0 Å². The minimum Gasteiger partial charge on any atom is -0.383 e. The summed E-state index contributed by atoms with van der Waals surface area (Å²) in [5, 5.41) is 3.39. The highest BCUT2D eigenvalue weighted by Crippen LogP contribution is 2.30. The molecule has 35 heavy (non-hydrogen) atoms. The summed E-state index contributed by atoms with van der Waals surface area (Å²) in [5.74, 6) is 0.789. The molecule has 2 saturated heterocycles. The number of likely N-dealkylation sites (tertiary alicyclic amines) is 1. The fourth-order valence-electron chi connectivity index (χ4n) is 6.01. The van der Waals surface area contributed by atoms with Gasteiger partial charge in [-0.3, -0.25) is 14.5 Å². The molecule has 7 nitrogen and oxygen atoms in total. The van der Waals surface area contributed by atoms with Crippen LogP contribution in [-0.4, -0.2) is 98.1 Å². The smallest absolute Gasteiger partial charge is 0.254 e. The van der Waals surface area contributed by atoms with Crippen LogP contribution >= 0.6 is 0 Å². The van der Waals surface area contributed by atoms with E-state index in [0.717, 1.165) is 44.7 Å². The van der Waals surface area contributed by atoms with Crippen LogP contribution in [0.25, 0.3) is 0 Å².